The number of para-hydroxylation sites is 3. The van der Waals surface area contributed by atoms with Crippen LogP contribution in [-0.2, 0) is 5.41 Å². The molecule has 0 atom stereocenters. The Morgan fingerprint density at radius 2 is 0.563 bits per heavy atom. The molecule has 2 heterocycles. The molecule has 0 radical (unpaired) electrons. The molecule has 0 aliphatic heterocycles. The van der Waals surface area contributed by atoms with Crippen molar-refractivity contribution in [1.29, 1.82) is 0 Å². The Bertz CT molecular complexity index is 5250. The lowest BCUT2D eigenvalue weighted by molar-refractivity contribution is 0.769. The van der Waals surface area contributed by atoms with Crippen molar-refractivity contribution in [1.82, 2.24) is 9.13 Å². The Hall–Kier alpha value is -11.3. The molecule has 1 aliphatic rings. The first-order chi connectivity index (χ1) is 43.1. The molecule has 0 fully saturated rings. The third kappa shape index (κ3) is 8.17. The van der Waals surface area contributed by atoms with Crippen LogP contribution >= 0.6 is 0 Å². The molecule has 17 rings (SSSR count). The number of hydrogen-bond acceptors (Lipinski definition) is 0. The maximum Gasteiger partial charge on any atom is 0.0713 e. The second-order valence-electron chi connectivity index (χ2n) is 23.1. The maximum absolute atomic E-state index is 2.46. The van der Waals surface area contributed by atoms with Gasteiger partial charge in [-0.15, -0.1) is 0 Å². The van der Waals surface area contributed by atoms with Crippen molar-refractivity contribution in [3.8, 4) is 89.3 Å². The Labute approximate surface area is 506 Å². The third-order valence-electron chi connectivity index (χ3n) is 18.5. The Morgan fingerprint density at radius 1 is 0.195 bits per heavy atom. The van der Waals surface area contributed by atoms with Crippen molar-refractivity contribution >= 4 is 43.6 Å². The van der Waals surface area contributed by atoms with Gasteiger partial charge in [-0.1, -0.05) is 273 Å². The molecule has 87 heavy (non-hydrogen) atoms. The van der Waals surface area contributed by atoms with Gasteiger partial charge in [0, 0.05) is 32.8 Å². The summed E-state index contributed by atoms with van der Waals surface area (Å²) in [5.41, 5.74) is 28.7. The monoisotopic (exact) mass is 1100 g/mol. The molecule has 0 amide bonds. The van der Waals surface area contributed by atoms with Gasteiger partial charge in [0.25, 0.3) is 0 Å². The lowest BCUT2D eigenvalue weighted by Gasteiger charge is -2.34. The molecule has 0 saturated heterocycles. The zero-order valence-electron chi connectivity index (χ0n) is 47.7. The van der Waals surface area contributed by atoms with Crippen molar-refractivity contribution in [2.24, 2.45) is 0 Å². The molecule has 1 aliphatic carbocycles. The summed E-state index contributed by atoms with van der Waals surface area (Å²) >= 11 is 0. The second-order valence-corrected chi connectivity index (χ2v) is 23.1. The van der Waals surface area contributed by atoms with Crippen LogP contribution in [0, 0.1) is 0 Å². The van der Waals surface area contributed by atoms with Gasteiger partial charge in [-0.05, 0) is 161 Å². The number of nitrogens with zero attached hydrogens (tertiary/aromatic N) is 2. The molecule has 2 aromatic heterocycles. The largest absolute Gasteiger partial charge is 0.309 e. The van der Waals surface area contributed by atoms with Crippen LogP contribution in [0.25, 0.3) is 133 Å². The minimum Gasteiger partial charge on any atom is -0.309 e. The molecule has 0 saturated carbocycles. The molecule has 0 N–H and O–H groups in total. The summed E-state index contributed by atoms with van der Waals surface area (Å²) in [6.07, 6.45) is 0. The molecule has 0 bridgehead atoms. The minimum absolute atomic E-state index is 0.444. The molecule has 0 unspecified atom stereocenters. The predicted octanol–water partition coefficient (Wildman–Crippen LogP) is 22.2. The predicted molar refractivity (Wildman–Crippen MR) is 365 cm³/mol. The van der Waals surface area contributed by atoms with Crippen molar-refractivity contribution in [2.45, 2.75) is 5.41 Å². The maximum atomic E-state index is 2.46. The summed E-state index contributed by atoms with van der Waals surface area (Å²) in [5, 5.41) is 4.94. The van der Waals surface area contributed by atoms with E-state index >= 15 is 0 Å². The summed E-state index contributed by atoms with van der Waals surface area (Å²) in [4.78, 5) is 0. The fourth-order valence-electron chi connectivity index (χ4n) is 14.4. The number of fused-ring (bicyclic) bond motifs is 9. The highest BCUT2D eigenvalue weighted by molar-refractivity contribution is 6.13. The fourth-order valence-corrected chi connectivity index (χ4v) is 14.4. The average molecular weight is 1110 g/mol. The quantitative estimate of drug-likeness (QED) is 0.129. The van der Waals surface area contributed by atoms with Gasteiger partial charge in [0.1, 0.15) is 0 Å². The smallest absolute Gasteiger partial charge is 0.0713 e. The second kappa shape index (κ2) is 20.5. The van der Waals surface area contributed by atoms with Gasteiger partial charge in [0.05, 0.1) is 33.2 Å². The highest BCUT2D eigenvalue weighted by Crippen LogP contribution is 2.56. The van der Waals surface area contributed by atoms with E-state index in [2.05, 4.69) is 349 Å². The highest BCUT2D eigenvalue weighted by atomic mass is 15.0. The van der Waals surface area contributed by atoms with E-state index in [0.717, 1.165) is 11.4 Å². The van der Waals surface area contributed by atoms with Gasteiger partial charge in [0.2, 0.25) is 0 Å². The van der Waals surface area contributed by atoms with Crippen molar-refractivity contribution in [3.63, 3.8) is 0 Å². The van der Waals surface area contributed by atoms with Gasteiger partial charge < -0.3 is 9.13 Å². The van der Waals surface area contributed by atoms with E-state index in [4.69, 9.17) is 0 Å². The van der Waals surface area contributed by atoms with Crippen molar-refractivity contribution in [3.05, 3.63) is 362 Å². The Kier molecular flexibility index (Phi) is 11.8. The SMILES string of the molecule is c1ccc(-c2ccc(-n3c4ccccc4c4cc(-c5ccc6c(c5)c5ccccc5n6-c5ccccc5-c5ccc(-c6ccc(-c7cccc(-c8cccc(C9(c%10ccccc%10)c%10ccccc%10-c%10ccccc%109)c8)c7)cc6)cc5)ccc43)cc2)cc1. The van der Waals surface area contributed by atoms with Crippen LogP contribution in [-0.4, -0.2) is 9.13 Å². The van der Waals surface area contributed by atoms with Crippen LogP contribution in [0.2, 0.25) is 0 Å². The third-order valence-corrected chi connectivity index (χ3v) is 18.5. The van der Waals surface area contributed by atoms with Crippen LogP contribution in [0.3, 0.4) is 0 Å². The van der Waals surface area contributed by atoms with E-state index in [1.54, 1.807) is 0 Å². The van der Waals surface area contributed by atoms with Gasteiger partial charge >= 0.3 is 0 Å². The standard InChI is InChI=1S/C85H56N2/c1-3-19-57(20-4-1)60-45-49-70(50-46-60)86-81-35-15-10-30-74(81)76-55-66(47-51-83(76)86)67-48-52-84-77(56-67)75-31-11-16-36-82(75)87(84)80-34-14-9-27-71(80)62-43-41-59(42-44-62)58-37-39-61(40-38-58)63-21-17-22-64(53-63)65-23-18-26-69(54-65)85(68-24-5-2-6-25-68)78-32-12-7-28-72(78)73-29-8-13-33-79(73)85/h1-56H. The van der Waals surface area contributed by atoms with Crippen LogP contribution in [0.1, 0.15) is 22.3 Å². The number of hydrogen-bond donors (Lipinski definition) is 0. The zero-order valence-corrected chi connectivity index (χ0v) is 47.7. The number of aromatic nitrogens is 2. The van der Waals surface area contributed by atoms with Gasteiger partial charge in [-0.2, -0.15) is 0 Å². The molecule has 2 nitrogen and oxygen atoms in total. The average Bonchev–Trinajstić information content (AvgIpc) is 1.86. The van der Waals surface area contributed by atoms with Gasteiger partial charge in [-0.25, -0.2) is 0 Å². The first kappa shape index (κ1) is 50.2. The minimum atomic E-state index is -0.444. The van der Waals surface area contributed by atoms with Gasteiger partial charge in [-0.3, -0.25) is 0 Å². The number of rotatable bonds is 10. The van der Waals surface area contributed by atoms with E-state index in [9.17, 15) is 0 Å². The molecule has 0 spiro atoms. The van der Waals surface area contributed by atoms with E-state index in [-0.39, 0.29) is 0 Å². The lowest BCUT2D eigenvalue weighted by Crippen LogP contribution is -2.28. The van der Waals surface area contributed by atoms with Gasteiger partial charge in [0.15, 0.2) is 0 Å². The molecule has 406 valence electrons. The van der Waals surface area contributed by atoms with E-state index in [1.165, 1.54) is 144 Å². The highest BCUT2D eigenvalue weighted by Gasteiger charge is 2.46. The van der Waals surface area contributed by atoms with Crippen LogP contribution in [0.4, 0.5) is 0 Å². The zero-order chi connectivity index (χ0) is 57.4. The summed E-state index contributed by atoms with van der Waals surface area (Å²) in [5.74, 6) is 0. The molecule has 16 aromatic rings. The first-order valence-corrected chi connectivity index (χ1v) is 30.1. The summed E-state index contributed by atoms with van der Waals surface area (Å²) < 4.78 is 4.86. The first-order valence-electron chi connectivity index (χ1n) is 30.1. The van der Waals surface area contributed by atoms with Crippen molar-refractivity contribution in [2.75, 3.05) is 0 Å². The molecule has 2 heteroatoms. The van der Waals surface area contributed by atoms with E-state index in [0.29, 0.717) is 0 Å². The number of benzene rings is 14. The summed E-state index contributed by atoms with van der Waals surface area (Å²) in [6.45, 7) is 0. The topological polar surface area (TPSA) is 9.86 Å². The fraction of sp³-hybridized carbons (Fsp3) is 0.0118. The lowest BCUT2D eigenvalue weighted by atomic mass is 9.67. The van der Waals surface area contributed by atoms with Crippen LogP contribution in [0.5, 0.6) is 0 Å². The molecular weight excluding hydrogens is 1050 g/mol. The van der Waals surface area contributed by atoms with Crippen LogP contribution < -0.4 is 0 Å². The summed E-state index contributed by atoms with van der Waals surface area (Å²) in [6, 6.07) is 125. The van der Waals surface area contributed by atoms with E-state index < -0.39 is 5.41 Å². The molecule has 14 aromatic carbocycles. The Morgan fingerprint density at radius 3 is 1.17 bits per heavy atom. The normalized spacial score (nSPS) is 12.5. The molecular formula is C85H56N2. The van der Waals surface area contributed by atoms with Crippen LogP contribution in [0.15, 0.2) is 340 Å². The summed E-state index contributed by atoms with van der Waals surface area (Å²) in [7, 11) is 0. The van der Waals surface area contributed by atoms with Crippen molar-refractivity contribution < 1.29 is 0 Å². The van der Waals surface area contributed by atoms with E-state index in [1.807, 2.05) is 0 Å². The Balaban J connectivity index is 0.663.